The molecule has 2 N–H and O–H groups in total. The molecule has 0 saturated carbocycles. The van der Waals surface area contributed by atoms with Crippen molar-refractivity contribution in [1.29, 1.82) is 0 Å². The summed E-state index contributed by atoms with van der Waals surface area (Å²) in [6, 6.07) is 19.2. The van der Waals surface area contributed by atoms with Gasteiger partial charge in [0.05, 0.1) is 12.3 Å². The minimum Gasteiger partial charge on any atom is -0.508 e. The minimum absolute atomic E-state index is 0.00571. The van der Waals surface area contributed by atoms with Gasteiger partial charge in [0.25, 0.3) is 0 Å². The second-order valence-corrected chi connectivity index (χ2v) is 10.2. The lowest BCUT2D eigenvalue weighted by Gasteiger charge is -2.06. The van der Waals surface area contributed by atoms with E-state index in [0.29, 0.717) is 22.5 Å². The van der Waals surface area contributed by atoms with E-state index in [1.54, 1.807) is 49.4 Å². The molecule has 0 saturated heterocycles. The van der Waals surface area contributed by atoms with Gasteiger partial charge in [-0.1, -0.05) is 82.9 Å². The summed E-state index contributed by atoms with van der Waals surface area (Å²) in [7, 11) is 0. The molecule has 0 heterocycles. The van der Waals surface area contributed by atoms with Crippen molar-refractivity contribution in [2.45, 2.75) is 78.1 Å². The third-order valence-electron chi connectivity index (χ3n) is 6.89. The maximum absolute atomic E-state index is 12.6. The highest BCUT2D eigenvalue weighted by Gasteiger charge is 2.07. The molecule has 0 aliphatic carbocycles. The number of aromatic hydroxyl groups is 2. The lowest BCUT2D eigenvalue weighted by Crippen LogP contribution is -1.97. The Balaban J connectivity index is 1.39. The van der Waals surface area contributed by atoms with E-state index in [-0.39, 0.29) is 17.3 Å². The predicted octanol–water partition coefficient (Wildman–Crippen LogP) is 9.43. The number of ether oxygens (including phenoxy) is 1. The highest BCUT2D eigenvalue weighted by atomic mass is 16.5. The van der Waals surface area contributed by atoms with Crippen LogP contribution in [-0.4, -0.2) is 28.3 Å². The van der Waals surface area contributed by atoms with E-state index in [9.17, 15) is 15.0 Å². The van der Waals surface area contributed by atoms with Gasteiger partial charge < -0.3 is 14.9 Å². The molecule has 0 spiro atoms. The standard InChI is InChI=1S/C35H43NO4/c1-3-4-5-6-7-8-9-10-11-12-25-40-32-21-13-28(14-22-32)15-24-34(38)29-16-18-30(19-17-29)36-27(2)33-23-20-31(37)26-35(33)39/h13-24,26,37,39H,3-12,25H2,1-2H3. The lowest BCUT2D eigenvalue weighted by atomic mass is 10.1. The van der Waals surface area contributed by atoms with Gasteiger partial charge in [-0.25, -0.2) is 0 Å². The molecule has 0 aliphatic heterocycles. The van der Waals surface area contributed by atoms with Gasteiger partial charge in [0.1, 0.15) is 17.2 Å². The molecule has 0 bridgehead atoms. The Hall–Kier alpha value is -3.86. The fourth-order valence-electron chi connectivity index (χ4n) is 4.50. The van der Waals surface area contributed by atoms with Crippen LogP contribution in [0.3, 0.4) is 0 Å². The number of rotatable bonds is 17. The molecule has 3 rings (SSSR count). The average molecular weight is 542 g/mol. The normalized spacial score (nSPS) is 11.7. The fraction of sp³-hybridized carbons (Fsp3) is 0.371. The summed E-state index contributed by atoms with van der Waals surface area (Å²) in [6.07, 6.45) is 16.5. The number of aliphatic imine (C=N–C) groups is 1. The Morgan fingerprint density at radius 3 is 2.05 bits per heavy atom. The molecule has 3 aromatic rings. The van der Waals surface area contributed by atoms with Crippen LogP contribution in [0.25, 0.3) is 6.08 Å². The molecule has 3 aromatic carbocycles. The van der Waals surface area contributed by atoms with Crippen molar-refractivity contribution in [2.75, 3.05) is 6.61 Å². The first-order valence-corrected chi connectivity index (χ1v) is 14.6. The summed E-state index contributed by atoms with van der Waals surface area (Å²) in [4.78, 5) is 17.2. The smallest absolute Gasteiger partial charge is 0.185 e. The maximum Gasteiger partial charge on any atom is 0.185 e. The number of hydrogen-bond acceptors (Lipinski definition) is 5. The highest BCUT2D eigenvalue weighted by molar-refractivity contribution is 6.07. The van der Waals surface area contributed by atoms with E-state index in [1.807, 2.05) is 24.3 Å². The molecule has 40 heavy (non-hydrogen) atoms. The summed E-state index contributed by atoms with van der Waals surface area (Å²) in [5.41, 5.74) is 3.31. The van der Waals surface area contributed by atoms with Gasteiger partial charge >= 0.3 is 0 Å². The molecule has 0 amide bonds. The molecular weight excluding hydrogens is 498 g/mol. The number of ketones is 1. The molecule has 0 radical (unpaired) electrons. The van der Waals surface area contributed by atoms with Crippen molar-refractivity contribution >= 4 is 23.3 Å². The van der Waals surface area contributed by atoms with E-state index in [1.165, 1.54) is 69.9 Å². The van der Waals surface area contributed by atoms with Gasteiger partial charge in [-0.3, -0.25) is 9.79 Å². The number of carbonyl (C=O) groups excluding carboxylic acids is 1. The van der Waals surface area contributed by atoms with E-state index in [2.05, 4.69) is 11.9 Å². The molecule has 0 unspecified atom stereocenters. The van der Waals surface area contributed by atoms with Gasteiger partial charge in [0.15, 0.2) is 5.78 Å². The van der Waals surface area contributed by atoms with Crippen LogP contribution in [0.1, 0.15) is 99.5 Å². The zero-order chi connectivity index (χ0) is 28.6. The average Bonchev–Trinajstić information content (AvgIpc) is 2.95. The number of carbonyl (C=O) groups is 1. The SMILES string of the molecule is CCCCCCCCCCCCOc1ccc(C=CC(=O)c2ccc(N=C(C)c3ccc(O)cc3O)cc2)cc1. The van der Waals surface area contributed by atoms with Crippen molar-refractivity contribution in [1.82, 2.24) is 0 Å². The number of allylic oxidation sites excluding steroid dienone is 1. The molecule has 0 atom stereocenters. The van der Waals surface area contributed by atoms with Crippen LogP contribution in [0.15, 0.2) is 77.8 Å². The largest absolute Gasteiger partial charge is 0.508 e. The van der Waals surface area contributed by atoms with Crippen LogP contribution >= 0.6 is 0 Å². The van der Waals surface area contributed by atoms with Crippen LogP contribution in [0.2, 0.25) is 0 Å². The predicted molar refractivity (Wildman–Crippen MR) is 165 cm³/mol. The highest BCUT2D eigenvalue weighted by Crippen LogP contribution is 2.25. The molecule has 5 heteroatoms. The monoisotopic (exact) mass is 541 g/mol. The Morgan fingerprint density at radius 2 is 1.43 bits per heavy atom. The van der Waals surface area contributed by atoms with E-state index in [4.69, 9.17) is 4.74 Å². The van der Waals surface area contributed by atoms with E-state index in [0.717, 1.165) is 24.3 Å². The zero-order valence-corrected chi connectivity index (χ0v) is 23.9. The minimum atomic E-state index is -0.0929. The number of nitrogens with zero attached hydrogens (tertiary/aromatic N) is 1. The van der Waals surface area contributed by atoms with Gasteiger partial charge in [-0.05, 0) is 73.5 Å². The van der Waals surface area contributed by atoms with Crippen LogP contribution in [0.4, 0.5) is 5.69 Å². The summed E-state index contributed by atoms with van der Waals surface area (Å²) < 4.78 is 5.88. The molecule has 212 valence electrons. The summed E-state index contributed by atoms with van der Waals surface area (Å²) in [5, 5.41) is 19.5. The van der Waals surface area contributed by atoms with Gasteiger partial charge in [0.2, 0.25) is 0 Å². The summed E-state index contributed by atoms with van der Waals surface area (Å²) >= 11 is 0. The third-order valence-corrected chi connectivity index (χ3v) is 6.89. The Morgan fingerprint density at radius 1 is 0.800 bits per heavy atom. The molecule has 5 nitrogen and oxygen atoms in total. The quantitative estimate of drug-likeness (QED) is 0.0772. The molecule has 0 aromatic heterocycles. The van der Waals surface area contributed by atoms with Gasteiger partial charge in [-0.2, -0.15) is 0 Å². The first-order chi connectivity index (χ1) is 19.5. The maximum atomic E-state index is 12.6. The second kappa shape index (κ2) is 17.0. The Kier molecular flexibility index (Phi) is 13.0. The number of phenolic OH excluding ortho intramolecular Hbond substituents is 2. The van der Waals surface area contributed by atoms with Crippen LogP contribution in [0, 0.1) is 0 Å². The number of benzene rings is 3. The van der Waals surface area contributed by atoms with Crippen LogP contribution in [0.5, 0.6) is 17.2 Å². The zero-order valence-electron chi connectivity index (χ0n) is 23.9. The van der Waals surface area contributed by atoms with Crippen molar-refractivity contribution in [3.63, 3.8) is 0 Å². The van der Waals surface area contributed by atoms with E-state index < -0.39 is 0 Å². The van der Waals surface area contributed by atoms with Crippen molar-refractivity contribution < 1.29 is 19.7 Å². The molecular formula is C35H43NO4. The summed E-state index contributed by atoms with van der Waals surface area (Å²) in [5.74, 6) is 0.719. The van der Waals surface area contributed by atoms with Crippen LogP contribution in [-0.2, 0) is 0 Å². The Labute approximate surface area is 239 Å². The number of hydrogen-bond donors (Lipinski definition) is 2. The molecule has 0 aliphatic rings. The lowest BCUT2D eigenvalue weighted by molar-refractivity contribution is 0.104. The van der Waals surface area contributed by atoms with Gasteiger partial charge in [0, 0.05) is 22.9 Å². The second-order valence-electron chi connectivity index (χ2n) is 10.2. The number of unbranched alkanes of at least 4 members (excludes halogenated alkanes) is 9. The first kappa shape index (κ1) is 30.7. The van der Waals surface area contributed by atoms with Crippen molar-refractivity contribution in [2.24, 2.45) is 4.99 Å². The fourth-order valence-corrected chi connectivity index (χ4v) is 4.50. The summed E-state index contributed by atoms with van der Waals surface area (Å²) in [6.45, 7) is 4.77. The topological polar surface area (TPSA) is 79.1 Å². The van der Waals surface area contributed by atoms with E-state index >= 15 is 0 Å². The van der Waals surface area contributed by atoms with Crippen molar-refractivity contribution in [3.05, 3.63) is 89.5 Å². The first-order valence-electron chi connectivity index (χ1n) is 14.6. The molecule has 0 fully saturated rings. The number of phenols is 2. The third kappa shape index (κ3) is 10.7. The Bertz CT molecular complexity index is 1240. The van der Waals surface area contributed by atoms with Crippen LogP contribution < -0.4 is 4.74 Å². The van der Waals surface area contributed by atoms with Gasteiger partial charge in [-0.15, -0.1) is 0 Å². The van der Waals surface area contributed by atoms with Crippen molar-refractivity contribution in [3.8, 4) is 17.2 Å².